The quantitative estimate of drug-likeness (QED) is 0.298. The van der Waals surface area contributed by atoms with E-state index < -0.39 is 43.3 Å². The van der Waals surface area contributed by atoms with Gasteiger partial charge in [-0.05, 0) is 0 Å². The molecule has 8 nitrogen and oxygen atoms in total. The molecule has 1 aliphatic heterocycles. The Hall–Kier alpha value is -0.930. The number of carbonyl (C=O) groups is 1. The van der Waals surface area contributed by atoms with Gasteiger partial charge < -0.3 is 35.8 Å². The molecular weight excluding hydrogens is 220 g/mol. The zero-order valence-electron chi connectivity index (χ0n) is 8.70. The number of amides is 2. The molecule has 6 N–H and O–H groups in total. The smallest absolute Gasteiger partial charge is 0.316 e. The molecule has 5 atom stereocenters. The van der Waals surface area contributed by atoms with Gasteiger partial charge in [0.1, 0.15) is 24.4 Å². The van der Waals surface area contributed by atoms with Crippen molar-refractivity contribution in [1.82, 2.24) is 10.6 Å². The summed E-state index contributed by atoms with van der Waals surface area (Å²) >= 11 is 0. The van der Waals surface area contributed by atoms with Crippen LogP contribution in [0.1, 0.15) is 0 Å². The molecule has 94 valence electrons. The lowest BCUT2D eigenvalue weighted by Gasteiger charge is -2.39. The third kappa shape index (κ3) is 2.60. The van der Waals surface area contributed by atoms with Gasteiger partial charge in [0, 0.05) is 7.05 Å². The summed E-state index contributed by atoms with van der Waals surface area (Å²) in [5.74, 6) is 0. The third-order valence-corrected chi connectivity index (χ3v) is 2.39. The van der Waals surface area contributed by atoms with E-state index in [1.807, 2.05) is 0 Å². The van der Waals surface area contributed by atoms with Crippen LogP contribution in [0, 0.1) is 0 Å². The summed E-state index contributed by atoms with van der Waals surface area (Å²) in [4.78, 5) is 11.0. The van der Waals surface area contributed by atoms with Gasteiger partial charge in [-0.3, -0.25) is 0 Å². The third-order valence-electron chi connectivity index (χ3n) is 2.39. The van der Waals surface area contributed by atoms with E-state index in [1.54, 1.807) is 0 Å². The average Bonchev–Trinajstić information content (AvgIpc) is 2.29. The fourth-order valence-electron chi connectivity index (χ4n) is 1.42. The van der Waals surface area contributed by atoms with E-state index in [2.05, 4.69) is 10.6 Å². The van der Waals surface area contributed by atoms with Crippen molar-refractivity contribution in [2.45, 2.75) is 30.6 Å². The standard InChI is InChI=1S/C8H16N2O6/c1-9-8(15)10-7-6(14)5(13)4(12)3(2-11)16-7/h3-7,11-14H,2H2,1H3,(H2,9,10,15). The molecule has 1 fully saturated rings. The first-order chi connectivity index (χ1) is 7.51. The van der Waals surface area contributed by atoms with Crippen molar-refractivity contribution in [1.29, 1.82) is 0 Å². The van der Waals surface area contributed by atoms with Gasteiger partial charge in [-0.2, -0.15) is 0 Å². The van der Waals surface area contributed by atoms with Gasteiger partial charge in [0.25, 0.3) is 0 Å². The van der Waals surface area contributed by atoms with Gasteiger partial charge in [0.2, 0.25) is 0 Å². The zero-order valence-corrected chi connectivity index (χ0v) is 8.70. The number of urea groups is 1. The normalized spacial score (nSPS) is 39.2. The number of ether oxygens (including phenoxy) is 1. The van der Waals surface area contributed by atoms with Crippen molar-refractivity contribution in [3.05, 3.63) is 0 Å². The Morgan fingerprint density at radius 1 is 1.25 bits per heavy atom. The zero-order chi connectivity index (χ0) is 12.3. The molecule has 0 bridgehead atoms. The van der Waals surface area contributed by atoms with Gasteiger partial charge in [-0.25, -0.2) is 4.79 Å². The predicted molar refractivity (Wildman–Crippen MR) is 51.4 cm³/mol. The monoisotopic (exact) mass is 236 g/mol. The number of hydrogen-bond donors (Lipinski definition) is 6. The van der Waals surface area contributed by atoms with Gasteiger partial charge in [-0.15, -0.1) is 0 Å². The van der Waals surface area contributed by atoms with Crippen LogP contribution in [0.25, 0.3) is 0 Å². The first-order valence-corrected chi connectivity index (χ1v) is 4.80. The molecule has 0 aromatic heterocycles. The van der Waals surface area contributed by atoms with Gasteiger partial charge >= 0.3 is 6.03 Å². The predicted octanol–water partition coefficient (Wildman–Crippen LogP) is -3.28. The minimum atomic E-state index is -1.49. The second-order valence-electron chi connectivity index (χ2n) is 3.47. The van der Waals surface area contributed by atoms with E-state index in [-0.39, 0.29) is 0 Å². The SMILES string of the molecule is CNC(=O)NC1OC(CO)C(O)C(O)C1O. The van der Waals surface area contributed by atoms with E-state index in [9.17, 15) is 20.1 Å². The highest BCUT2D eigenvalue weighted by atomic mass is 16.6. The maximum absolute atomic E-state index is 11.0. The molecule has 0 radical (unpaired) electrons. The summed E-state index contributed by atoms with van der Waals surface area (Å²) in [6.45, 7) is -0.531. The molecule has 0 aromatic rings. The van der Waals surface area contributed by atoms with Crippen LogP contribution in [0.4, 0.5) is 4.79 Å². The molecule has 2 amide bonds. The number of nitrogens with one attached hydrogen (secondary N) is 2. The summed E-state index contributed by atoms with van der Waals surface area (Å²) in [6.07, 6.45) is -6.60. The Labute approximate surface area is 91.8 Å². The van der Waals surface area contributed by atoms with Crippen molar-refractivity contribution < 1.29 is 30.0 Å². The number of carbonyl (C=O) groups excluding carboxylic acids is 1. The largest absolute Gasteiger partial charge is 0.394 e. The Kier molecular flexibility index (Phi) is 4.44. The first kappa shape index (κ1) is 13.1. The van der Waals surface area contributed by atoms with E-state index in [1.165, 1.54) is 7.05 Å². The van der Waals surface area contributed by atoms with Crippen LogP contribution in [-0.4, -0.2) is 70.8 Å². The highest BCUT2D eigenvalue weighted by molar-refractivity contribution is 5.73. The first-order valence-electron chi connectivity index (χ1n) is 4.80. The molecule has 5 unspecified atom stereocenters. The highest BCUT2D eigenvalue weighted by Gasteiger charge is 2.43. The fraction of sp³-hybridized carbons (Fsp3) is 0.875. The Morgan fingerprint density at radius 3 is 2.38 bits per heavy atom. The summed E-state index contributed by atoms with van der Waals surface area (Å²) in [7, 11) is 1.37. The summed E-state index contributed by atoms with van der Waals surface area (Å²) in [5.41, 5.74) is 0. The van der Waals surface area contributed by atoms with Crippen LogP contribution in [0.3, 0.4) is 0 Å². The van der Waals surface area contributed by atoms with E-state index in [0.29, 0.717) is 0 Å². The Balaban J connectivity index is 2.67. The van der Waals surface area contributed by atoms with Crippen molar-refractivity contribution in [3.8, 4) is 0 Å². The molecule has 1 saturated heterocycles. The molecule has 0 aliphatic carbocycles. The van der Waals surface area contributed by atoms with Crippen LogP contribution in [0.5, 0.6) is 0 Å². The lowest BCUT2D eigenvalue weighted by atomic mass is 9.98. The molecule has 1 heterocycles. The summed E-state index contributed by atoms with van der Waals surface area (Å²) < 4.78 is 5.02. The number of hydrogen-bond acceptors (Lipinski definition) is 6. The van der Waals surface area contributed by atoms with Crippen molar-refractivity contribution in [2.24, 2.45) is 0 Å². The molecule has 1 rings (SSSR count). The molecule has 0 spiro atoms. The summed E-state index contributed by atoms with van der Waals surface area (Å²) in [6, 6.07) is -0.607. The lowest BCUT2D eigenvalue weighted by Crippen LogP contribution is -2.63. The molecule has 0 saturated carbocycles. The number of rotatable bonds is 2. The fourth-order valence-corrected chi connectivity index (χ4v) is 1.42. The van der Waals surface area contributed by atoms with E-state index in [0.717, 1.165) is 0 Å². The minimum absolute atomic E-state index is 0.531. The maximum atomic E-state index is 11.0. The van der Waals surface area contributed by atoms with Crippen molar-refractivity contribution in [3.63, 3.8) is 0 Å². The Bertz CT molecular complexity index is 249. The minimum Gasteiger partial charge on any atom is -0.394 e. The van der Waals surface area contributed by atoms with Gasteiger partial charge in [-0.1, -0.05) is 0 Å². The van der Waals surface area contributed by atoms with Crippen molar-refractivity contribution in [2.75, 3.05) is 13.7 Å². The molecule has 16 heavy (non-hydrogen) atoms. The average molecular weight is 236 g/mol. The van der Waals surface area contributed by atoms with Crippen LogP contribution in [-0.2, 0) is 4.74 Å². The van der Waals surface area contributed by atoms with Gasteiger partial charge in [0.05, 0.1) is 6.61 Å². The number of aliphatic hydroxyl groups excluding tert-OH is 4. The molecular formula is C8H16N2O6. The molecule has 0 aromatic carbocycles. The van der Waals surface area contributed by atoms with E-state index >= 15 is 0 Å². The van der Waals surface area contributed by atoms with Crippen LogP contribution in [0.2, 0.25) is 0 Å². The second-order valence-corrected chi connectivity index (χ2v) is 3.47. The molecule has 8 heteroatoms. The number of aliphatic hydroxyl groups is 4. The van der Waals surface area contributed by atoms with E-state index in [4.69, 9.17) is 9.84 Å². The van der Waals surface area contributed by atoms with Crippen LogP contribution >= 0.6 is 0 Å². The van der Waals surface area contributed by atoms with Crippen molar-refractivity contribution >= 4 is 6.03 Å². The van der Waals surface area contributed by atoms with Crippen LogP contribution in [0.15, 0.2) is 0 Å². The lowest BCUT2D eigenvalue weighted by molar-refractivity contribution is -0.233. The summed E-state index contributed by atoms with van der Waals surface area (Å²) in [5, 5.41) is 41.7. The van der Waals surface area contributed by atoms with Gasteiger partial charge in [0.15, 0.2) is 6.23 Å². The topological polar surface area (TPSA) is 131 Å². The molecule has 1 aliphatic rings. The highest BCUT2D eigenvalue weighted by Crippen LogP contribution is 2.19. The maximum Gasteiger partial charge on any atom is 0.316 e. The Morgan fingerprint density at radius 2 is 1.88 bits per heavy atom. The van der Waals surface area contributed by atoms with Crippen LogP contribution < -0.4 is 10.6 Å². The second kappa shape index (κ2) is 5.41.